The summed E-state index contributed by atoms with van der Waals surface area (Å²) in [6.45, 7) is 6.34. The van der Waals surface area contributed by atoms with Crippen molar-refractivity contribution in [3.63, 3.8) is 0 Å². The molecule has 2 N–H and O–H groups in total. The van der Waals surface area contributed by atoms with Crippen LogP contribution < -0.4 is 15.4 Å². The zero-order valence-corrected chi connectivity index (χ0v) is 14.0. The van der Waals surface area contributed by atoms with E-state index in [-0.39, 0.29) is 12.0 Å². The fourth-order valence-corrected chi connectivity index (χ4v) is 2.49. The summed E-state index contributed by atoms with van der Waals surface area (Å²) in [5.74, 6) is 0.508. The van der Waals surface area contributed by atoms with Crippen LogP contribution in [0.15, 0.2) is 34.3 Å². The molecule has 0 fully saturated rings. The van der Waals surface area contributed by atoms with E-state index in [0.717, 1.165) is 24.0 Å². The number of benzene rings is 1. The maximum atomic E-state index is 12.4. The van der Waals surface area contributed by atoms with Gasteiger partial charge in [0.1, 0.15) is 5.75 Å². The number of carbonyl (C=O) groups is 1. The van der Waals surface area contributed by atoms with Gasteiger partial charge in [-0.05, 0) is 45.0 Å². The molecular weight excluding hydrogens is 332 g/mol. The van der Waals surface area contributed by atoms with E-state index in [1.54, 1.807) is 6.07 Å². The third-order valence-electron chi connectivity index (χ3n) is 3.18. The van der Waals surface area contributed by atoms with E-state index in [2.05, 4.69) is 32.6 Å². The zero-order valence-electron chi connectivity index (χ0n) is 12.4. The van der Waals surface area contributed by atoms with E-state index in [4.69, 9.17) is 4.74 Å². The summed E-state index contributed by atoms with van der Waals surface area (Å²) in [5.41, 5.74) is 1.84. The van der Waals surface area contributed by atoms with Crippen LogP contribution in [0.1, 0.15) is 30.6 Å². The second-order valence-electron chi connectivity index (χ2n) is 5.31. The van der Waals surface area contributed by atoms with Gasteiger partial charge in [0.2, 0.25) is 0 Å². The largest absolute Gasteiger partial charge is 0.490 e. The van der Waals surface area contributed by atoms with Crippen molar-refractivity contribution in [3.8, 4) is 5.75 Å². The van der Waals surface area contributed by atoms with Crippen LogP contribution in [0.2, 0.25) is 0 Å². The highest BCUT2D eigenvalue weighted by molar-refractivity contribution is 9.10. The van der Waals surface area contributed by atoms with E-state index in [0.29, 0.717) is 17.9 Å². The third kappa shape index (κ3) is 4.86. The van der Waals surface area contributed by atoms with Gasteiger partial charge in [-0.1, -0.05) is 27.6 Å². The van der Waals surface area contributed by atoms with Gasteiger partial charge in [0, 0.05) is 17.6 Å². The molecule has 0 spiro atoms. The molecule has 1 aromatic carbocycles. The molecule has 0 radical (unpaired) electrons. The molecule has 0 aliphatic carbocycles. The van der Waals surface area contributed by atoms with E-state index < -0.39 is 0 Å². The molecule has 4 nitrogen and oxygen atoms in total. The molecule has 0 unspecified atom stereocenters. The summed E-state index contributed by atoms with van der Waals surface area (Å²) >= 11 is 3.41. The highest BCUT2D eigenvalue weighted by Gasteiger charge is 2.14. The molecule has 0 bridgehead atoms. The Morgan fingerprint density at radius 1 is 1.48 bits per heavy atom. The van der Waals surface area contributed by atoms with Crippen LogP contribution in [-0.2, 0) is 0 Å². The van der Waals surface area contributed by atoms with Crippen molar-refractivity contribution in [2.45, 2.75) is 26.4 Å². The van der Waals surface area contributed by atoms with E-state index in [9.17, 15) is 4.79 Å². The molecule has 21 heavy (non-hydrogen) atoms. The van der Waals surface area contributed by atoms with Crippen molar-refractivity contribution in [2.75, 3.05) is 19.6 Å². The van der Waals surface area contributed by atoms with Crippen molar-refractivity contribution in [1.29, 1.82) is 0 Å². The van der Waals surface area contributed by atoms with E-state index in [1.165, 1.54) is 5.57 Å². The van der Waals surface area contributed by atoms with Gasteiger partial charge in [-0.25, -0.2) is 0 Å². The van der Waals surface area contributed by atoms with Crippen molar-refractivity contribution in [1.82, 2.24) is 10.6 Å². The Labute approximate surface area is 134 Å². The van der Waals surface area contributed by atoms with Gasteiger partial charge >= 0.3 is 0 Å². The Kier molecular flexibility index (Phi) is 5.82. The summed E-state index contributed by atoms with van der Waals surface area (Å²) in [7, 11) is 0. The zero-order chi connectivity index (χ0) is 15.2. The standard InChI is InChI=1S/C16H21BrN2O2/c1-11(2)21-15-9-13(17)3-4-14(15)16(20)19-10-12-5-7-18-8-6-12/h3-5,9,11,18H,6-8,10H2,1-2H3,(H,19,20). The Bertz CT molecular complexity index is 541. The summed E-state index contributed by atoms with van der Waals surface area (Å²) in [6.07, 6.45) is 3.14. The monoisotopic (exact) mass is 352 g/mol. The Hall–Kier alpha value is -1.33. The highest BCUT2D eigenvalue weighted by Crippen LogP contribution is 2.25. The molecule has 1 heterocycles. The number of ether oxygens (including phenoxy) is 1. The highest BCUT2D eigenvalue weighted by atomic mass is 79.9. The first-order valence-corrected chi connectivity index (χ1v) is 7.98. The predicted octanol–water partition coefficient (Wildman–Crippen LogP) is 2.89. The minimum Gasteiger partial charge on any atom is -0.490 e. The number of hydrogen-bond donors (Lipinski definition) is 2. The molecule has 2 rings (SSSR count). The SMILES string of the molecule is CC(C)Oc1cc(Br)ccc1C(=O)NCC1=CCNCC1. The van der Waals surface area contributed by atoms with Crippen molar-refractivity contribution >= 4 is 21.8 Å². The van der Waals surface area contributed by atoms with Crippen LogP contribution in [-0.4, -0.2) is 31.6 Å². The van der Waals surface area contributed by atoms with Gasteiger partial charge in [0.05, 0.1) is 11.7 Å². The second kappa shape index (κ2) is 7.61. The van der Waals surface area contributed by atoms with Crippen molar-refractivity contribution in [2.24, 2.45) is 0 Å². The molecule has 114 valence electrons. The fourth-order valence-electron chi connectivity index (χ4n) is 2.15. The van der Waals surface area contributed by atoms with Gasteiger partial charge in [0.25, 0.3) is 5.91 Å². The molecule has 1 aromatic rings. The van der Waals surface area contributed by atoms with Crippen molar-refractivity contribution in [3.05, 3.63) is 39.9 Å². The first-order valence-electron chi connectivity index (χ1n) is 7.19. The minimum atomic E-state index is -0.0995. The Balaban J connectivity index is 2.05. The summed E-state index contributed by atoms with van der Waals surface area (Å²) in [4.78, 5) is 12.4. The average molecular weight is 353 g/mol. The Morgan fingerprint density at radius 2 is 2.29 bits per heavy atom. The summed E-state index contributed by atoms with van der Waals surface area (Å²) in [6, 6.07) is 5.47. The topological polar surface area (TPSA) is 50.4 Å². The molecule has 5 heteroatoms. The lowest BCUT2D eigenvalue weighted by atomic mass is 10.1. The van der Waals surface area contributed by atoms with E-state index in [1.807, 2.05) is 26.0 Å². The first kappa shape index (κ1) is 16.0. The van der Waals surface area contributed by atoms with Crippen LogP contribution in [0.4, 0.5) is 0 Å². The lowest BCUT2D eigenvalue weighted by Gasteiger charge is -2.17. The molecular formula is C16H21BrN2O2. The molecule has 0 saturated heterocycles. The van der Waals surface area contributed by atoms with Gasteiger partial charge < -0.3 is 15.4 Å². The molecule has 1 aliphatic rings. The molecule has 1 amide bonds. The minimum absolute atomic E-state index is 0.0259. The predicted molar refractivity (Wildman–Crippen MR) is 87.8 cm³/mol. The van der Waals surface area contributed by atoms with Gasteiger partial charge in [-0.3, -0.25) is 4.79 Å². The smallest absolute Gasteiger partial charge is 0.255 e. The second-order valence-corrected chi connectivity index (χ2v) is 6.22. The number of hydrogen-bond acceptors (Lipinski definition) is 3. The van der Waals surface area contributed by atoms with Crippen LogP contribution in [0.25, 0.3) is 0 Å². The molecule has 1 aliphatic heterocycles. The Morgan fingerprint density at radius 3 is 2.95 bits per heavy atom. The van der Waals surface area contributed by atoms with Gasteiger partial charge in [0.15, 0.2) is 0 Å². The van der Waals surface area contributed by atoms with Gasteiger partial charge in [-0.2, -0.15) is 0 Å². The van der Waals surface area contributed by atoms with Crippen molar-refractivity contribution < 1.29 is 9.53 Å². The fraction of sp³-hybridized carbons (Fsp3) is 0.438. The quantitative estimate of drug-likeness (QED) is 0.801. The van der Waals surface area contributed by atoms with Gasteiger partial charge in [-0.15, -0.1) is 0 Å². The molecule has 0 atom stereocenters. The van der Waals surface area contributed by atoms with Crippen LogP contribution in [0.3, 0.4) is 0 Å². The maximum absolute atomic E-state index is 12.4. The average Bonchev–Trinajstić information content (AvgIpc) is 2.45. The normalized spacial score (nSPS) is 14.8. The van der Waals surface area contributed by atoms with Crippen LogP contribution >= 0.6 is 15.9 Å². The number of carbonyl (C=O) groups excluding carboxylic acids is 1. The van der Waals surface area contributed by atoms with E-state index >= 15 is 0 Å². The number of nitrogens with one attached hydrogen (secondary N) is 2. The van der Waals surface area contributed by atoms with Crippen LogP contribution in [0.5, 0.6) is 5.75 Å². The summed E-state index contributed by atoms with van der Waals surface area (Å²) < 4.78 is 6.62. The first-order chi connectivity index (χ1) is 10.1. The summed E-state index contributed by atoms with van der Waals surface area (Å²) in [5, 5.41) is 6.23. The molecule has 0 aromatic heterocycles. The van der Waals surface area contributed by atoms with Crippen LogP contribution in [0, 0.1) is 0 Å². The lowest BCUT2D eigenvalue weighted by Crippen LogP contribution is -2.30. The maximum Gasteiger partial charge on any atom is 0.255 e. The number of amides is 1. The third-order valence-corrected chi connectivity index (χ3v) is 3.68. The lowest BCUT2D eigenvalue weighted by molar-refractivity contribution is 0.0950. The number of rotatable bonds is 5. The molecule has 0 saturated carbocycles. The number of halogens is 1.